The van der Waals surface area contributed by atoms with Gasteiger partial charge >= 0.3 is 6.03 Å². The fourth-order valence-corrected chi connectivity index (χ4v) is 2.93. The van der Waals surface area contributed by atoms with Gasteiger partial charge in [-0.2, -0.15) is 0 Å². The van der Waals surface area contributed by atoms with Crippen LogP contribution >= 0.6 is 0 Å². The van der Waals surface area contributed by atoms with Crippen LogP contribution in [0, 0.1) is 12.8 Å². The van der Waals surface area contributed by atoms with Crippen molar-refractivity contribution in [2.75, 3.05) is 18.5 Å². The van der Waals surface area contributed by atoms with Gasteiger partial charge in [-0.15, -0.1) is 0 Å². The van der Waals surface area contributed by atoms with E-state index in [4.69, 9.17) is 9.47 Å². The number of nitrogens with zero attached hydrogens (tertiary/aromatic N) is 1. The topological polar surface area (TPSA) is 72.5 Å². The number of carbonyl (C=O) groups is 1. The number of urea groups is 1. The molecule has 1 aromatic carbocycles. The van der Waals surface area contributed by atoms with Gasteiger partial charge in [0.25, 0.3) is 0 Å². The van der Waals surface area contributed by atoms with Crippen LogP contribution < -0.4 is 15.4 Å². The first-order valence-corrected chi connectivity index (χ1v) is 8.95. The van der Waals surface area contributed by atoms with E-state index in [1.54, 1.807) is 30.5 Å². The quantitative estimate of drug-likeness (QED) is 0.846. The first-order chi connectivity index (χ1) is 12.6. The number of benzene rings is 1. The van der Waals surface area contributed by atoms with Gasteiger partial charge in [-0.3, -0.25) is 0 Å². The van der Waals surface area contributed by atoms with E-state index in [-0.39, 0.29) is 12.1 Å². The van der Waals surface area contributed by atoms with Gasteiger partial charge in [-0.25, -0.2) is 9.78 Å². The van der Waals surface area contributed by atoms with E-state index in [0.717, 1.165) is 25.0 Å². The van der Waals surface area contributed by atoms with Crippen molar-refractivity contribution in [2.24, 2.45) is 5.92 Å². The van der Waals surface area contributed by atoms with Crippen molar-refractivity contribution in [2.45, 2.75) is 32.8 Å². The molecule has 0 saturated carbocycles. The average Bonchev–Trinajstić information content (AvgIpc) is 2.64. The van der Waals surface area contributed by atoms with Crippen LogP contribution in [0.4, 0.5) is 10.5 Å². The van der Waals surface area contributed by atoms with Crippen LogP contribution in [-0.2, 0) is 4.74 Å². The average molecular weight is 355 g/mol. The minimum absolute atomic E-state index is 0.196. The van der Waals surface area contributed by atoms with E-state index in [9.17, 15) is 4.79 Å². The first kappa shape index (κ1) is 18.2. The SMILES string of the molecule is Cc1ccc(Oc2ccc(NC(=O)NCC3CCOC(C)C3)cc2)nc1. The summed E-state index contributed by atoms with van der Waals surface area (Å²) < 4.78 is 11.2. The Hall–Kier alpha value is -2.60. The van der Waals surface area contributed by atoms with Gasteiger partial charge in [-0.05, 0) is 62.4 Å². The molecule has 26 heavy (non-hydrogen) atoms. The van der Waals surface area contributed by atoms with Gasteiger partial charge in [-0.1, -0.05) is 6.07 Å². The molecule has 0 bridgehead atoms. The van der Waals surface area contributed by atoms with Crippen LogP contribution in [0.25, 0.3) is 0 Å². The molecule has 0 spiro atoms. The zero-order chi connectivity index (χ0) is 18.4. The van der Waals surface area contributed by atoms with Gasteiger partial charge in [0, 0.05) is 31.1 Å². The predicted octanol–water partition coefficient (Wildman–Crippen LogP) is 4.12. The van der Waals surface area contributed by atoms with E-state index < -0.39 is 0 Å². The second kappa shape index (κ2) is 8.67. The van der Waals surface area contributed by atoms with Gasteiger partial charge in [0.15, 0.2) is 0 Å². The molecule has 0 radical (unpaired) electrons. The lowest BCUT2D eigenvalue weighted by Gasteiger charge is -2.27. The normalized spacial score (nSPS) is 19.6. The Balaban J connectivity index is 1.46. The van der Waals surface area contributed by atoms with Crippen molar-refractivity contribution >= 4 is 11.7 Å². The minimum atomic E-state index is -0.196. The predicted molar refractivity (Wildman–Crippen MR) is 101 cm³/mol. The lowest BCUT2D eigenvalue weighted by molar-refractivity contribution is 0.00354. The Morgan fingerprint density at radius 2 is 2.08 bits per heavy atom. The molecule has 6 nitrogen and oxygen atoms in total. The highest BCUT2D eigenvalue weighted by Gasteiger charge is 2.19. The summed E-state index contributed by atoms with van der Waals surface area (Å²) in [6.07, 6.45) is 4.01. The summed E-state index contributed by atoms with van der Waals surface area (Å²) in [4.78, 5) is 16.3. The third-order valence-electron chi connectivity index (χ3n) is 4.36. The lowest BCUT2D eigenvalue weighted by atomic mass is 9.96. The van der Waals surface area contributed by atoms with E-state index >= 15 is 0 Å². The molecule has 0 aliphatic carbocycles. The zero-order valence-corrected chi connectivity index (χ0v) is 15.2. The molecule has 6 heteroatoms. The maximum atomic E-state index is 12.0. The van der Waals surface area contributed by atoms with E-state index in [1.165, 1.54) is 0 Å². The molecule has 2 unspecified atom stereocenters. The summed E-state index contributed by atoms with van der Waals surface area (Å²) in [5.41, 5.74) is 1.80. The molecule has 2 N–H and O–H groups in total. The van der Waals surface area contributed by atoms with Crippen molar-refractivity contribution in [3.8, 4) is 11.6 Å². The van der Waals surface area contributed by atoms with E-state index in [0.29, 0.717) is 29.8 Å². The highest BCUT2D eigenvalue weighted by atomic mass is 16.5. The molecular weight excluding hydrogens is 330 g/mol. The third-order valence-corrected chi connectivity index (χ3v) is 4.36. The summed E-state index contributed by atoms with van der Waals surface area (Å²) in [6, 6.07) is 10.8. The number of carbonyl (C=O) groups excluding carboxylic acids is 1. The largest absolute Gasteiger partial charge is 0.439 e. The summed E-state index contributed by atoms with van der Waals surface area (Å²) in [5, 5.41) is 5.77. The molecule has 3 rings (SSSR count). The van der Waals surface area contributed by atoms with E-state index in [1.807, 2.05) is 19.1 Å². The van der Waals surface area contributed by atoms with Gasteiger partial charge in [0.1, 0.15) is 5.75 Å². The number of hydrogen-bond acceptors (Lipinski definition) is 4. The number of pyridine rings is 1. The van der Waals surface area contributed by atoms with Crippen molar-refractivity contribution in [3.05, 3.63) is 48.2 Å². The molecule has 1 aromatic heterocycles. The van der Waals surface area contributed by atoms with Crippen molar-refractivity contribution in [3.63, 3.8) is 0 Å². The second-order valence-electron chi connectivity index (χ2n) is 6.71. The highest BCUT2D eigenvalue weighted by molar-refractivity contribution is 5.89. The van der Waals surface area contributed by atoms with Crippen LogP contribution in [0.15, 0.2) is 42.6 Å². The summed E-state index contributed by atoms with van der Waals surface area (Å²) in [7, 11) is 0. The number of aryl methyl sites for hydroxylation is 1. The monoisotopic (exact) mass is 355 g/mol. The van der Waals surface area contributed by atoms with Gasteiger partial charge in [0.2, 0.25) is 5.88 Å². The molecule has 2 atom stereocenters. The van der Waals surface area contributed by atoms with Crippen molar-refractivity contribution in [1.29, 1.82) is 0 Å². The zero-order valence-electron chi connectivity index (χ0n) is 15.2. The Morgan fingerprint density at radius 3 is 2.77 bits per heavy atom. The third kappa shape index (κ3) is 5.46. The van der Waals surface area contributed by atoms with Crippen LogP contribution in [0.3, 0.4) is 0 Å². The second-order valence-corrected chi connectivity index (χ2v) is 6.71. The van der Waals surface area contributed by atoms with Gasteiger partial charge < -0.3 is 20.1 Å². The molecule has 2 aromatic rings. The minimum Gasteiger partial charge on any atom is -0.439 e. The first-order valence-electron chi connectivity index (χ1n) is 8.95. The molecule has 1 aliphatic heterocycles. The van der Waals surface area contributed by atoms with E-state index in [2.05, 4.69) is 22.5 Å². The molecule has 2 heterocycles. The highest BCUT2D eigenvalue weighted by Crippen LogP contribution is 2.22. The summed E-state index contributed by atoms with van der Waals surface area (Å²) >= 11 is 0. The number of anilines is 1. The Bertz CT molecular complexity index is 716. The molecule has 1 saturated heterocycles. The van der Waals surface area contributed by atoms with Gasteiger partial charge in [0.05, 0.1) is 6.10 Å². The number of hydrogen-bond donors (Lipinski definition) is 2. The molecule has 138 valence electrons. The molecule has 1 aliphatic rings. The smallest absolute Gasteiger partial charge is 0.319 e. The standard InChI is InChI=1S/C20H25N3O3/c1-14-3-8-19(21-12-14)26-18-6-4-17(5-7-18)23-20(24)22-13-16-9-10-25-15(2)11-16/h3-8,12,15-16H,9-11,13H2,1-2H3,(H2,22,23,24). The van der Waals surface area contributed by atoms with Crippen LogP contribution in [0.2, 0.25) is 0 Å². The van der Waals surface area contributed by atoms with Crippen LogP contribution in [-0.4, -0.2) is 30.3 Å². The summed E-state index contributed by atoms with van der Waals surface area (Å²) in [6.45, 7) is 5.49. The van der Waals surface area contributed by atoms with Crippen LogP contribution in [0.1, 0.15) is 25.3 Å². The fourth-order valence-electron chi connectivity index (χ4n) is 2.93. The fraction of sp³-hybridized carbons (Fsp3) is 0.400. The maximum absolute atomic E-state index is 12.0. The lowest BCUT2D eigenvalue weighted by Crippen LogP contribution is -2.36. The number of rotatable bonds is 5. The van der Waals surface area contributed by atoms with Crippen LogP contribution in [0.5, 0.6) is 11.6 Å². The number of ether oxygens (including phenoxy) is 2. The number of amides is 2. The number of nitrogens with one attached hydrogen (secondary N) is 2. The molecule has 1 fully saturated rings. The molecular formula is C20H25N3O3. The Kier molecular flexibility index (Phi) is 6.07. The Labute approximate surface area is 153 Å². The van der Waals surface area contributed by atoms with Crippen molar-refractivity contribution < 1.29 is 14.3 Å². The number of aromatic nitrogens is 1. The van der Waals surface area contributed by atoms with Crippen molar-refractivity contribution in [1.82, 2.24) is 10.3 Å². The Morgan fingerprint density at radius 1 is 1.27 bits per heavy atom. The summed E-state index contributed by atoms with van der Waals surface area (Å²) in [5.74, 6) is 1.69. The maximum Gasteiger partial charge on any atom is 0.319 e. The molecule has 2 amide bonds.